The number of nitrogens with one attached hydrogen (secondary N) is 1. The topological polar surface area (TPSA) is 75.6 Å². The molecule has 0 heterocycles. The molecule has 1 aliphatic carbocycles. The van der Waals surface area contributed by atoms with Crippen LogP contribution in [0, 0.1) is 0 Å². The molecule has 2 rings (SSSR count). The summed E-state index contributed by atoms with van der Waals surface area (Å²) in [7, 11) is 0. The zero-order valence-electron chi connectivity index (χ0n) is 11.6. The Labute approximate surface area is 131 Å². The molecule has 0 radical (unpaired) electrons. The first-order chi connectivity index (χ1) is 9.99. The van der Waals surface area contributed by atoms with Crippen molar-refractivity contribution in [3.05, 3.63) is 28.7 Å². The van der Waals surface area contributed by atoms with Crippen molar-refractivity contribution in [2.24, 2.45) is 0 Å². The van der Waals surface area contributed by atoms with Gasteiger partial charge in [-0.3, -0.25) is 9.59 Å². The fourth-order valence-electron chi connectivity index (χ4n) is 2.70. The number of ether oxygens (including phenoxy) is 1. The number of benzene rings is 1. The van der Waals surface area contributed by atoms with Gasteiger partial charge in [-0.1, -0.05) is 28.8 Å². The van der Waals surface area contributed by atoms with Crippen molar-refractivity contribution >= 4 is 27.8 Å². The number of rotatable bonds is 6. The minimum atomic E-state index is -0.883. The molecule has 114 valence electrons. The molecule has 0 atom stereocenters. The van der Waals surface area contributed by atoms with Gasteiger partial charge >= 0.3 is 5.97 Å². The maximum atomic E-state index is 12.0. The molecule has 0 saturated heterocycles. The van der Waals surface area contributed by atoms with Crippen molar-refractivity contribution in [1.82, 2.24) is 5.32 Å². The molecule has 1 aromatic rings. The Kier molecular flexibility index (Phi) is 5.22. The molecule has 0 bridgehead atoms. The summed E-state index contributed by atoms with van der Waals surface area (Å²) in [5.74, 6) is -0.556. The third kappa shape index (κ3) is 4.74. The number of hydrogen-bond acceptors (Lipinski definition) is 3. The molecule has 1 aliphatic rings. The Morgan fingerprint density at radius 2 is 1.86 bits per heavy atom. The van der Waals surface area contributed by atoms with Crippen LogP contribution in [-0.2, 0) is 9.59 Å². The predicted molar refractivity (Wildman–Crippen MR) is 81.2 cm³/mol. The third-order valence-corrected chi connectivity index (χ3v) is 4.17. The minimum Gasteiger partial charge on any atom is -0.484 e. The fourth-order valence-corrected chi connectivity index (χ4v) is 2.96. The summed E-state index contributed by atoms with van der Waals surface area (Å²) in [6.07, 6.45) is 3.28. The zero-order chi connectivity index (χ0) is 15.3. The van der Waals surface area contributed by atoms with Crippen molar-refractivity contribution in [1.29, 1.82) is 0 Å². The van der Waals surface area contributed by atoms with E-state index in [4.69, 9.17) is 9.84 Å². The lowest BCUT2D eigenvalue weighted by molar-refractivity contribution is -0.139. The number of halogens is 1. The van der Waals surface area contributed by atoms with Gasteiger partial charge in [0.25, 0.3) is 5.91 Å². The highest BCUT2D eigenvalue weighted by atomic mass is 79.9. The number of carbonyl (C=O) groups excluding carboxylic acids is 1. The van der Waals surface area contributed by atoms with Crippen LogP contribution in [0.4, 0.5) is 0 Å². The average Bonchev–Trinajstić information content (AvgIpc) is 2.85. The van der Waals surface area contributed by atoms with E-state index >= 15 is 0 Å². The van der Waals surface area contributed by atoms with Crippen LogP contribution in [0.1, 0.15) is 32.1 Å². The lowest BCUT2D eigenvalue weighted by Gasteiger charge is -2.28. The normalized spacial score (nSPS) is 16.4. The first-order valence-corrected chi connectivity index (χ1v) is 7.70. The second kappa shape index (κ2) is 6.93. The van der Waals surface area contributed by atoms with Crippen LogP contribution in [-0.4, -0.2) is 29.1 Å². The number of hydrogen-bond donors (Lipinski definition) is 2. The smallest absolute Gasteiger partial charge is 0.305 e. The highest BCUT2D eigenvalue weighted by Crippen LogP contribution is 2.32. The summed E-state index contributed by atoms with van der Waals surface area (Å²) in [4.78, 5) is 23.0. The number of aliphatic carboxylic acids is 1. The van der Waals surface area contributed by atoms with E-state index in [1.165, 1.54) is 0 Å². The lowest BCUT2D eigenvalue weighted by Crippen LogP contribution is -2.49. The number of carbonyl (C=O) groups is 2. The van der Waals surface area contributed by atoms with Gasteiger partial charge < -0.3 is 15.2 Å². The standard InChI is InChI=1S/C15H18BrNO4/c16-11-3-5-12(6-4-11)21-10-13(18)17-15(9-14(19)20)7-1-2-8-15/h3-6H,1-2,7-10H2,(H,17,18)(H,19,20). The minimum absolute atomic E-state index is 0.0307. The number of carboxylic acid groups (broad SMARTS) is 1. The van der Waals surface area contributed by atoms with Gasteiger partial charge in [0, 0.05) is 4.47 Å². The van der Waals surface area contributed by atoms with Crippen LogP contribution in [0.3, 0.4) is 0 Å². The SMILES string of the molecule is O=C(O)CC1(NC(=O)COc2ccc(Br)cc2)CCCC1. The van der Waals surface area contributed by atoms with E-state index in [0.717, 1.165) is 17.3 Å². The maximum Gasteiger partial charge on any atom is 0.305 e. The van der Waals surface area contributed by atoms with E-state index in [1.807, 2.05) is 12.1 Å². The molecule has 1 saturated carbocycles. The molecule has 1 amide bonds. The van der Waals surface area contributed by atoms with E-state index in [9.17, 15) is 9.59 Å². The molecule has 5 nitrogen and oxygen atoms in total. The molecular weight excluding hydrogens is 338 g/mol. The van der Waals surface area contributed by atoms with Gasteiger partial charge in [0.1, 0.15) is 5.75 Å². The Morgan fingerprint density at radius 1 is 1.24 bits per heavy atom. The van der Waals surface area contributed by atoms with Gasteiger partial charge in [-0.15, -0.1) is 0 Å². The Hall–Kier alpha value is -1.56. The van der Waals surface area contributed by atoms with Crippen LogP contribution in [0.5, 0.6) is 5.75 Å². The Balaban J connectivity index is 1.87. The first kappa shape index (κ1) is 15.8. The Bertz CT molecular complexity index is 509. The molecule has 0 unspecified atom stereocenters. The maximum absolute atomic E-state index is 12.0. The second-order valence-corrected chi connectivity index (χ2v) is 6.26. The quantitative estimate of drug-likeness (QED) is 0.822. The lowest BCUT2D eigenvalue weighted by atomic mass is 9.93. The van der Waals surface area contributed by atoms with E-state index < -0.39 is 11.5 Å². The van der Waals surface area contributed by atoms with Crippen molar-refractivity contribution in [3.8, 4) is 5.75 Å². The molecule has 2 N–H and O–H groups in total. The summed E-state index contributed by atoms with van der Waals surface area (Å²) in [5, 5.41) is 11.9. The summed E-state index contributed by atoms with van der Waals surface area (Å²) >= 11 is 3.32. The fraction of sp³-hybridized carbons (Fsp3) is 0.467. The van der Waals surface area contributed by atoms with Crippen molar-refractivity contribution in [2.45, 2.75) is 37.6 Å². The summed E-state index contributed by atoms with van der Waals surface area (Å²) in [6, 6.07) is 7.19. The molecule has 21 heavy (non-hydrogen) atoms. The van der Waals surface area contributed by atoms with Gasteiger partial charge in [0.15, 0.2) is 6.61 Å². The van der Waals surface area contributed by atoms with Crippen molar-refractivity contribution in [2.75, 3.05) is 6.61 Å². The number of carboxylic acids is 1. The number of amides is 1. The van der Waals surface area contributed by atoms with Crippen LogP contribution in [0.15, 0.2) is 28.7 Å². The largest absolute Gasteiger partial charge is 0.484 e. The molecule has 0 aliphatic heterocycles. The second-order valence-electron chi connectivity index (χ2n) is 5.35. The molecule has 1 fully saturated rings. The van der Waals surface area contributed by atoms with Crippen LogP contribution < -0.4 is 10.1 Å². The molecular formula is C15H18BrNO4. The molecule has 6 heteroatoms. The zero-order valence-corrected chi connectivity index (χ0v) is 13.2. The van der Waals surface area contributed by atoms with Crippen LogP contribution >= 0.6 is 15.9 Å². The van der Waals surface area contributed by atoms with Gasteiger partial charge in [0.2, 0.25) is 0 Å². The molecule has 0 aromatic heterocycles. The van der Waals surface area contributed by atoms with Gasteiger partial charge in [-0.05, 0) is 37.1 Å². The monoisotopic (exact) mass is 355 g/mol. The average molecular weight is 356 g/mol. The first-order valence-electron chi connectivity index (χ1n) is 6.90. The van der Waals surface area contributed by atoms with Crippen LogP contribution in [0.25, 0.3) is 0 Å². The van der Waals surface area contributed by atoms with Gasteiger partial charge in [-0.25, -0.2) is 0 Å². The highest BCUT2D eigenvalue weighted by molar-refractivity contribution is 9.10. The van der Waals surface area contributed by atoms with E-state index in [0.29, 0.717) is 18.6 Å². The van der Waals surface area contributed by atoms with Crippen molar-refractivity contribution in [3.63, 3.8) is 0 Å². The van der Waals surface area contributed by atoms with Gasteiger partial charge in [0.05, 0.1) is 12.0 Å². The third-order valence-electron chi connectivity index (χ3n) is 3.64. The predicted octanol–water partition coefficient (Wildman–Crippen LogP) is 2.73. The van der Waals surface area contributed by atoms with E-state index in [-0.39, 0.29) is 18.9 Å². The Morgan fingerprint density at radius 3 is 2.43 bits per heavy atom. The van der Waals surface area contributed by atoms with E-state index in [1.54, 1.807) is 12.1 Å². The van der Waals surface area contributed by atoms with Gasteiger partial charge in [-0.2, -0.15) is 0 Å². The molecule has 0 spiro atoms. The molecule has 1 aromatic carbocycles. The van der Waals surface area contributed by atoms with Crippen molar-refractivity contribution < 1.29 is 19.4 Å². The summed E-state index contributed by atoms with van der Waals surface area (Å²) < 4.78 is 6.34. The van der Waals surface area contributed by atoms with E-state index in [2.05, 4.69) is 21.2 Å². The summed E-state index contributed by atoms with van der Waals surface area (Å²) in [5.41, 5.74) is -0.605. The summed E-state index contributed by atoms with van der Waals surface area (Å²) in [6.45, 7) is -0.108. The van der Waals surface area contributed by atoms with Crippen LogP contribution in [0.2, 0.25) is 0 Å². The highest BCUT2D eigenvalue weighted by Gasteiger charge is 2.37.